The molecule has 0 spiro atoms. The molecule has 0 radical (unpaired) electrons. The van der Waals surface area contributed by atoms with Crippen LogP contribution in [0.1, 0.15) is 50.2 Å². The molecule has 2 N–H and O–H groups in total. The Kier molecular flexibility index (Phi) is 4.41. The summed E-state index contributed by atoms with van der Waals surface area (Å²) in [6, 6.07) is 8.79. The van der Waals surface area contributed by atoms with Gasteiger partial charge in [-0.3, -0.25) is 0 Å². The lowest BCUT2D eigenvalue weighted by molar-refractivity contribution is -0.0358. The standard InChI is InChI=1S/C16H25NO/c1-3-16(2,12-17)18-11-14-9-6-8-13-7-4-5-10-15(13)14/h4-5,7,10,14H,3,6,8-9,11-12,17H2,1-2H3. The van der Waals surface area contributed by atoms with E-state index >= 15 is 0 Å². The van der Waals surface area contributed by atoms with E-state index in [2.05, 4.69) is 38.1 Å². The average Bonchev–Trinajstić information content (AvgIpc) is 2.44. The molecule has 0 saturated carbocycles. The molecule has 1 aromatic carbocycles. The molecule has 0 amide bonds. The van der Waals surface area contributed by atoms with Crippen LogP contribution >= 0.6 is 0 Å². The topological polar surface area (TPSA) is 35.2 Å². The first-order valence-corrected chi connectivity index (χ1v) is 7.10. The number of hydrogen-bond donors (Lipinski definition) is 1. The summed E-state index contributed by atoms with van der Waals surface area (Å²) >= 11 is 0. The zero-order valence-corrected chi connectivity index (χ0v) is 11.6. The average molecular weight is 247 g/mol. The second-order valence-electron chi connectivity index (χ2n) is 5.61. The summed E-state index contributed by atoms with van der Waals surface area (Å²) in [4.78, 5) is 0. The third kappa shape index (κ3) is 2.93. The minimum absolute atomic E-state index is 0.160. The Morgan fingerprint density at radius 1 is 1.39 bits per heavy atom. The highest BCUT2D eigenvalue weighted by Crippen LogP contribution is 2.32. The van der Waals surface area contributed by atoms with Gasteiger partial charge >= 0.3 is 0 Å². The Balaban J connectivity index is 2.03. The molecule has 0 saturated heterocycles. The Morgan fingerprint density at radius 2 is 2.17 bits per heavy atom. The first kappa shape index (κ1) is 13.6. The van der Waals surface area contributed by atoms with E-state index in [9.17, 15) is 0 Å². The SMILES string of the molecule is CCC(C)(CN)OCC1CCCc2ccccc21. The monoisotopic (exact) mass is 247 g/mol. The van der Waals surface area contributed by atoms with Crippen LogP contribution in [-0.2, 0) is 11.2 Å². The number of hydrogen-bond acceptors (Lipinski definition) is 2. The van der Waals surface area contributed by atoms with Crippen molar-refractivity contribution in [2.75, 3.05) is 13.2 Å². The second-order valence-corrected chi connectivity index (χ2v) is 5.61. The van der Waals surface area contributed by atoms with E-state index in [1.54, 1.807) is 0 Å². The van der Waals surface area contributed by atoms with Crippen LogP contribution < -0.4 is 5.73 Å². The third-order valence-electron chi connectivity index (χ3n) is 4.31. The van der Waals surface area contributed by atoms with Crippen LogP contribution in [0.5, 0.6) is 0 Å². The van der Waals surface area contributed by atoms with Gasteiger partial charge in [-0.25, -0.2) is 0 Å². The summed E-state index contributed by atoms with van der Waals surface area (Å²) < 4.78 is 6.10. The lowest BCUT2D eigenvalue weighted by atomic mass is 9.83. The largest absolute Gasteiger partial charge is 0.373 e. The third-order valence-corrected chi connectivity index (χ3v) is 4.31. The molecular weight excluding hydrogens is 222 g/mol. The van der Waals surface area contributed by atoms with E-state index in [4.69, 9.17) is 10.5 Å². The van der Waals surface area contributed by atoms with Gasteiger partial charge < -0.3 is 10.5 Å². The maximum atomic E-state index is 6.10. The highest BCUT2D eigenvalue weighted by atomic mass is 16.5. The maximum absolute atomic E-state index is 6.10. The van der Waals surface area contributed by atoms with Crippen LogP contribution in [0, 0.1) is 0 Å². The number of benzene rings is 1. The van der Waals surface area contributed by atoms with Crippen molar-refractivity contribution in [3.8, 4) is 0 Å². The van der Waals surface area contributed by atoms with E-state index in [0.717, 1.165) is 13.0 Å². The summed E-state index contributed by atoms with van der Waals surface area (Å²) in [6.07, 6.45) is 4.70. The van der Waals surface area contributed by atoms with Crippen molar-refractivity contribution in [1.82, 2.24) is 0 Å². The van der Waals surface area contributed by atoms with E-state index in [0.29, 0.717) is 12.5 Å². The van der Waals surface area contributed by atoms with Gasteiger partial charge in [0.2, 0.25) is 0 Å². The Labute approximate surface area is 111 Å². The van der Waals surface area contributed by atoms with Gasteiger partial charge in [0.25, 0.3) is 0 Å². The zero-order chi connectivity index (χ0) is 13.0. The molecule has 0 bridgehead atoms. The van der Waals surface area contributed by atoms with E-state index < -0.39 is 0 Å². The normalized spacial score (nSPS) is 22.3. The lowest BCUT2D eigenvalue weighted by Crippen LogP contribution is -2.38. The number of fused-ring (bicyclic) bond motifs is 1. The molecule has 100 valence electrons. The van der Waals surface area contributed by atoms with Gasteiger partial charge in [0.15, 0.2) is 0 Å². The highest BCUT2D eigenvalue weighted by Gasteiger charge is 2.25. The zero-order valence-electron chi connectivity index (χ0n) is 11.6. The molecule has 2 nitrogen and oxygen atoms in total. The van der Waals surface area contributed by atoms with Crippen molar-refractivity contribution in [3.63, 3.8) is 0 Å². The Morgan fingerprint density at radius 3 is 2.89 bits per heavy atom. The van der Waals surface area contributed by atoms with Crippen molar-refractivity contribution < 1.29 is 4.74 Å². The fraction of sp³-hybridized carbons (Fsp3) is 0.625. The molecule has 18 heavy (non-hydrogen) atoms. The molecule has 2 rings (SSSR count). The fourth-order valence-electron chi connectivity index (χ4n) is 2.63. The van der Waals surface area contributed by atoms with Crippen LogP contribution in [0.3, 0.4) is 0 Å². The minimum atomic E-state index is -0.160. The summed E-state index contributed by atoms with van der Waals surface area (Å²) in [6.45, 7) is 5.65. The van der Waals surface area contributed by atoms with Crippen LogP contribution in [-0.4, -0.2) is 18.8 Å². The van der Waals surface area contributed by atoms with Crippen molar-refractivity contribution >= 4 is 0 Å². The number of ether oxygens (including phenoxy) is 1. The molecule has 1 aliphatic rings. The maximum Gasteiger partial charge on any atom is 0.0773 e. The second kappa shape index (κ2) is 5.85. The lowest BCUT2D eigenvalue weighted by Gasteiger charge is -2.32. The van der Waals surface area contributed by atoms with Crippen molar-refractivity contribution in [2.45, 2.75) is 51.0 Å². The molecule has 0 fully saturated rings. The predicted octanol–water partition coefficient (Wildman–Crippen LogP) is 3.25. The Hall–Kier alpha value is -0.860. The Bertz CT molecular complexity index is 384. The highest BCUT2D eigenvalue weighted by molar-refractivity contribution is 5.32. The van der Waals surface area contributed by atoms with E-state index in [-0.39, 0.29) is 5.60 Å². The van der Waals surface area contributed by atoms with Gasteiger partial charge in [-0.15, -0.1) is 0 Å². The number of nitrogens with two attached hydrogens (primary N) is 1. The van der Waals surface area contributed by atoms with Crippen molar-refractivity contribution in [1.29, 1.82) is 0 Å². The molecule has 1 aliphatic carbocycles. The quantitative estimate of drug-likeness (QED) is 0.867. The molecule has 0 heterocycles. The molecule has 2 unspecified atom stereocenters. The van der Waals surface area contributed by atoms with Gasteiger partial charge in [-0.2, -0.15) is 0 Å². The first-order chi connectivity index (χ1) is 8.68. The summed E-state index contributed by atoms with van der Waals surface area (Å²) in [5, 5.41) is 0. The first-order valence-electron chi connectivity index (χ1n) is 7.10. The van der Waals surface area contributed by atoms with Gasteiger partial charge in [0, 0.05) is 12.5 Å². The van der Waals surface area contributed by atoms with E-state index in [1.807, 2.05) is 0 Å². The molecule has 2 atom stereocenters. The molecule has 0 aromatic heterocycles. The van der Waals surface area contributed by atoms with Crippen LogP contribution in [0.25, 0.3) is 0 Å². The van der Waals surface area contributed by atoms with Gasteiger partial charge in [0.05, 0.1) is 12.2 Å². The smallest absolute Gasteiger partial charge is 0.0773 e. The predicted molar refractivity (Wildman–Crippen MR) is 75.8 cm³/mol. The van der Waals surface area contributed by atoms with Gasteiger partial charge in [-0.1, -0.05) is 31.2 Å². The van der Waals surface area contributed by atoms with Crippen LogP contribution in [0.4, 0.5) is 0 Å². The van der Waals surface area contributed by atoms with Gasteiger partial charge in [0.1, 0.15) is 0 Å². The van der Waals surface area contributed by atoms with Gasteiger partial charge in [-0.05, 0) is 43.7 Å². The van der Waals surface area contributed by atoms with Crippen molar-refractivity contribution in [2.24, 2.45) is 5.73 Å². The fourth-order valence-corrected chi connectivity index (χ4v) is 2.63. The molecule has 1 aromatic rings. The van der Waals surface area contributed by atoms with Crippen LogP contribution in [0.2, 0.25) is 0 Å². The number of rotatable bonds is 5. The minimum Gasteiger partial charge on any atom is -0.373 e. The summed E-state index contributed by atoms with van der Waals surface area (Å²) in [5.74, 6) is 0.548. The summed E-state index contributed by atoms with van der Waals surface area (Å²) in [5.41, 5.74) is 8.63. The summed E-state index contributed by atoms with van der Waals surface area (Å²) in [7, 11) is 0. The molecular formula is C16H25NO. The van der Waals surface area contributed by atoms with Crippen LogP contribution in [0.15, 0.2) is 24.3 Å². The van der Waals surface area contributed by atoms with E-state index in [1.165, 1.54) is 30.4 Å². The number of aryl methyl sites for hydroxylation is 1. The molecule has 2 heteroatoms. The van der Waals surface area contributed by atoms with Crippen molar-refractivity contribution in [3.05, 3.63) is 35.4 Å². The molecule has 0 aliphatic heterocycles.